The Hall–Kier alpha value is -1.51. The van der Waals surface area contributed by atoms with Gasteiger partial charge in [-0.25, -0.2) is 4.39 Å². The Morgan fingerprint density at radius 1 is 1.29 bits per heavy atom. The van der Waals surface area contributed by atoms with Crippen molar-refractivity contribution in [2.45, 2.75) is 39.7 Å². The Morgan fingerprint density at radius 3 is 2.47 bits per heavy atom. The van der Waals surface area contributed by atoms with Crippen molar-refractivity contribution in [3.8, 4) is 0 Å². The molecule has 0 N–H and O–H groups in total. The molecule has 1 unspecified atom stereocenters. The lowest BCUT2D eigenvalue weighted by Gasteiger charge is -2.12. The van der Waals surface area contributed by atoms with Crippen LogP contribution in [0.4, 0.5) is 4.39 Å². The van der Waals surface area contributed by atoms with Crippen LogP contribution in [0.15, 0.2) is 29.3 Å². The van der Waals surface area contributed by atoms with Crippen molar-refractivity contribution in [2.24, 2.45) is 4.99 Å². The number of hydrogen-bond acceptors (Lipinski definition) is 2. The van der Waals surface area contributed by atoms with Gasteiger partial charge in [-0.05, 0) is 38.8 Å². The Balaban J connectivity index is 2.83. The first-order valence-electron chi connectivity index (χ1n) is 5.73. The summed E-state index contributed by atoms with van der Waals surface area (Å²) < 4.78 is 13.5. The second kappa shape index (κ2) is 6.28. The molecule has 1 aromatic carbocycles. The molecule has 0 aliphatic carbocycles. The number of hydrogen-bond donors (Lipinski definition) is 0. The average Bonchev–Trinajstić information content (AvgIpc) is 2.19. The summed E-state index contributed by atoms with van der Waals surface area (Å²) in [4.78, 5) is 15.5. The first-order chi connectivity index (χ1) is 7.99. The van der Waals surface area contributed by atoms with Crippen LogP contribution >= 0.6 is 0 Å². The fourth-order valence-electron chi connectivity index (χ4n) is 1.78. The summed E-state index contributed by atoms with van der Waals surface area (Å²) in [7, 11) is 0. The van der Waals surface area contributed by atoms with Crippen LogP contribution in [0.2, 0.25) is 0 Å². The third kappa shape index (κ3) is 4.89. The van der Waals surface area contributed by atoms with Gasteiger partial charge in [-0.3, -0.25) is 9.79 Å². The summed E-state index contributed by atoms with van der Waals surface area (Å²) in [5, 5.41) is 0. The van der Waals surface area contributed by atoms with Crippen molar-refractivity contribution in [1.82, 2.24) is 0 Å². The largest absolute Gasteiger partial charge is 0.300 e. The van der Waals surface area contributed by atoms with Gasteiger partial charge in [0, 0.05) is 12.1 Å². The lowest BCUT2D eigenvalue weighted by atomic mass is 10.0. The van der Waals surface area contributed by atoms with Gasteiger partial charge in [0.25, 0.3) is 0 Å². The molecule has 2 nitrogen and oxygen atoms in total. The Morgan fingerprint density at radius 2 is 1.94 bits per heavy atom. The number of carbonyl (C=O) groups is 1. The van der Waals surface area contributed by atoms with E-state index in [-0.39, 0.29) is 17.6 Å². The van der Waals surface area contributed by atoms with Crippen LogP contribution in [0.1, 0.15) is 32.8 Å². The molecule has 1 atom stereocenters. The van der Waals surface area contributed by atoms with Crippen LogP contribution in [0.25, 0.3) is 0 Å². The predicted molar refractivity (Wildman–Crippen MR) is 68.0 cm³/mol. The van der Waals surface area contributed by atoms with Crippen LogP contribution in [-0.2, 0) is 11.2 Å². The van der Waals surface area contributed by atoms with E-state index in [0.717, 1.165) is 5.71 Å². The van der Waals surface area contributed by atoms with Crippen LogP contribution < -0.4 is 0 Å². The van der Waals surface area contributed by atoms with Crippen LogP contribution in [0.3, 0.4) is 0 Å². The Kier molecular flexibility index (Phi) is 5.01. The number of aliphatic imine (C=N–C) groups is 1. The number of carbonyl (C=O) groups excluding carboxylic acids is 1. The molecule has 0 bridgehead atoms. The van der Waals surface area contributed by atoms with E-state index in [0.29, 0.717) is 18.4 Å². The summed E-state index contributed by atoms with van der Waals surface area (Å²) in [5.41, 5.74) is 1.52. The van der Waals surface area contributed by atoms with Crippen LogP contribution in [-0.4, -0.2) is 17.5 Å². The first-order valence-corrected chi connectivity index (χ1v) is 5.73. The topological polar surface area (TPSA) is 29.4 Å². The summed E-state index contributed by atoms with van der Waals surface area (Å²) in [6.07, 6.45) is 0.830. The predicted octanol–water partition coefficient (Wildman–Crippen LogP) is 3.20. The average molecular weight is 235 g/mol. The normalized spacial score (nSPS) is 12.0. The lowest BCUT2D eigenvalue weighted by Crippen LogP contribution is -2.15. The maximum absolute atomic E-state index is 13.5. The molecule has 1 rings (SSSR count). The van der Waals surface area contributed by atoms with Gasteiger partial charge in [0.05, 0.1) is 6.04 Å². The minimum atomic E-state index is -0.231. The van der Waals surface area contributed by atoms with E-state index in [1.165, 1.54) is 13.0 Å². The number of benzene rings is 1. The standard InChI is InChI=1S/C14H18FNO/c1-10(2)16-13(8-11(3)17)9-12-6-4-5-7-14(12)15/h4-7,13H,8-9H2,1-3H3. The summed E-state index contributed by atoms with van der Waals surface area (Å²) in [5.74, 6) is -0.152. The molecular formula is C14H18FNO. The Bertz CT molecular complexity index is 422. The molecular weight excluding hydrogens is 217 g/mol. The third-order valence-electron chi connectivity index (χ3n) is 2.38. The van der Waals surface area contributed by atoms with Gasteiger partial charge in [0.1, 0.15) is 11.6 Å². The monoisotopic (exact) mass is 235 g/mol. The zero-order valence-corrected chi connectivity index (χ0v) is 10.5. The maximum atomic E-state index is 13.5. The van der Waals surface area contributed by atoms with E-state index in [4.69, 9.17) is 0 Å². The molecule has 0 saturated carbocycles. The maximum Gasteiger partial charge on any atom is 0.131 e. The van der Waals surface area contributed by atoms with Crippen LogP contribution in [0, 0.1) is 5.82 Å². The van der Waals surface area contributed by atoms with Crippen molar-refractivity contribution in [2.75, 3.05) is 0 Å². The quantitative estimate of drug-likeness (QED) is 0.721. The lowest BCUT2D eigenvalue weighted by molar-refractivity contribution is -0.117. The number of Topliss-reactive ketones (excluding diaryl/α,β-unsaturated/α-hetero) is 1. The van der Waals surface area contributed by atoms with Crippen molar-refractivity contribution in [3.63, 3.8) is 0 Å². The van der Waals surface area contributed by atoms with Gasteiger partial charge in [-0.2, -0.15) is 0 Å². The van der Waals surface area contributed by atoms with Gasteiger partial charge >= 0.3 is 0 Å². The van der Waals surface area contributed by atoms with Gasteiger partial charge in [-0.1, -0.05) is 18.2 Å². The molecule has 0 aliphatic rings. The van der Waals surface area contributed by atoms with E-state index in [2.05, 4.69) is 4.99 Å². The molecule has 0 amide bonds. The van der Waals surface area contributed by atoms with Gasteiger partial charge in [0.2, 0.25) is 0 Å². The molecule has 17 heavy (non-hydrogen) atoms. The van der Waals surface area contributed by atoms with E-state index in [9.17, 15) is 9.18 Å². The zero-order valence-electron chi connectivity index (χ0n) is 10.5. The Labute approximate surface area is 102 Å². The molecule has 0 spiro atoms. The number of halogens is 1. The van der Waals surface area contributed by atoms with Gasteiger partial charge < -0.3 is 0 Å². The number of rotatable bonds is 5. The highest BCUT2D eigenvalue weighted by Crippen LogP contribution is 2.13. The fourth-order valence-corrected chi connectivity index (χ4v) is 1.78. The molecule has 92 valence electrons. The van der Waals surface area contributed by atoms with Gasteiger partial charge in [0.15, 0.2) is 0 Å². The zero-order chi connectivity index (χ0) is 12.8. The number of ketones is 1. The van der Waals surface area contributed by atoms with Crippen molar-refractivity contribution >= 4 is 11.5 Å². The fraction of sp³-hybridized carbons (Fsp3) is 0.429. The molecule has 0 radical (unpaired) electrons. The molecule has 1 aromatic rings. The highest BCUT2D eigenvalue weighted by Gasteiger charge is 2.13. The molecule has 0 heterocycles. The summed E-state index contributed by atoms with van der Waals surface area (Å²) >= 11 is 0. The van der Waals surface area contributed by atoms with E-state index in [1.54, 1.807) is 18.2 Å². The van der Waals surface area contributed by atoms with Gasteiger partial charge in [-0.15, -0.1) is 0 Å². The molecule has 0 aliphatic heterocycles. The smallest absolute Gasteiger partial charge is 0.131 e. The molecule has 0 saturated heterocycles. The molecule has 0 aromatic heterocycles. The SMILES string of the molecule is CC(=O)CC(Cc1ccccc1F)N=C(C)C. The van der Waals surface area contributed by atoms with Crippen molar-refractivity contribution < 1.29 is 9.18 Å². The highest BCUT2D eigenvalue weighted by atomic mass is 19.1. The molecule has 0 fully saturated rings. The van der Waals surface area contributed by atoms with Crippen molar-refractivity contribution in [1.29, 1.82) is 0 Å². The highest BCUT2D eigenvalue weighted by molar-refractivity contribution is 5.80. The van der Waals surface area contributed by atoms with E-state index in [1.807, 2.05) is 13.8 Å². The summed E-state index contributed by atoms with van der Waals surface area (Å²) in [6, 6.07) is 6.47. The van der Waals surface area contributed by atoms with E-state index >= 15 is 0 Å². The van der Waals surface area contributed by atoms with E-state index < -0.39 is 0 Å². The molecule has 3 heteroatoms. The third-order valence-corrected chi connectivity index (χ3v) is 2.38. The number of nitrogens with zero attached hydrogens (tertiary/aromatic N) is 1. The first kappa shape index (κ1) is 13.6. The van der Waals surface area contributed by atoms with Crippen molar-refractivity contribution in [3.05, 3.63) is 35.6 Å². The minimum Gasteiger partial charge on any atom is -0.300 e. The minimum absolute atomic E-state index is 0.0799. The summed E-state index contributed by atoms with van der Waals surface area (Å²) in [6.45, 7) is 5.30. The second-order valence-electron chi connectivity index (χ2n) is 4.43. The van der Waals surface area contributed by atoms with Crippen LogP contribution in [0.5, 0.6) is 0 Å². The second-order valence-corrected chi connectivity index (χ2v) is 4.43.